The molecule has 0 amide bonds. The van der Waals surface area contributed by atoms with Gasteiger partial charge in [-0.25, -0.2) is 0 Å². The topological polar surface area (TPSA) is 13.7 Å². The monoisotopic (exact) mass is 343 g/mol. The third kappa shape index (κ3) is 6.37. The second-order valence-corrected chi connectivity index (χ2v) is 5.50. The molecule has 0 aliphatic carbocycles. The van der Waals surface area contributed by atoms with Gasteiger partial charge in [0.15, 0.2) is 0 Å². The molecular formula is C21H26ClNO. The Labute approximate surface area is 152 Å². The predicted octanol–water partition coefficient (Wildman–Crippen LogP) is -0.275. The van der Waals surface area contributed by atoms with Gasteiger partial charge >= 0.3 is 0 Å². The van der Waals surface area contributed by atoms with Crippen molar-refractivity contribution in [3.8, 4) is 11.8 Å². The molecule has 3 heteroatoms. The Morgan fingerprint density at radius 2 is 1.33 bits per heavy atom. The summed E-state index contributed by atoms with van der Waals surface area (Å²) < 4.78 is 6.08. The fourth-order valence-electron chi connectivity index (χ4n) is 2.50. The number of hydrogen-bond acceptors (Lipinski definition) is 1. The van der Waals surface area contributed by atoms with Crippen LogP contribution in [0.2, 0.25) is 0 Å². The zero-order valence-electron chi connectivity index (χ0n) is 14.5. The lowest BCUT2D eigenvalue weighted by Gasteiger charge is -2.17. The van der Waals surface area contributed by atoms with Crippen LogP contribution >= 0.6 is 0 Å². The Bertz CT molecular complexity index is 575. The van der Waals surface area contributed by atoms with Gasteiger partial charge in [0.2, 0.25) is 0 Å². The van der Waals surface area contributed by atoms with Crippen LogP contribution in [0.1, 0.15) is 31.1 Å². The van der Waals surface area contributed by atoms with E-state index in [1.54, 1.807) is 0 Å². The average molecular weight is 344 g/mol. The quantitative estimate of drug-likeness (QED) is 0.683. The summed E-state index contributed by atoms with van der Waals surface area (Å²) in [7, 11) is 0. The van der Waals surface area contributed by atoms with Gasteiger partial charge < -0.3 is 22.0 Å². The van der Waals surface area contributed by atoms with Crippen molar-refractivity contribution in [3.63, 3.8) is 0 Å². The van der Waals surface area contributed by atoms with Crippen LogP contribution < -0.4 is 17.3 Å². The molecule has 0 saturated heterocycles. The second-order valence-electron chi connectivity index (χ2n) is 5.50. The normalized spacial score (nSPS) is 10.2. The maximum atomic E-state index is 6.08. The van der Waals surface area contributed by atoms with Crippen LogP contribution in [0.15, 0.2) is 60.7 Å². The van der Waals surface area contributed by atoms with Gasteiger partial charge in [0, 0.05) is 0 Å². The van der Waals surface area contributed by atoms with Crippen LogP contribution in [0.5, 0.6) is 0 Å². The molecule has 2 aromatic rings. The van der Waals surface area contributed by atoms with Crippen LogP contribution in [0.3, 0.4) is 0 Å². The van der Waals surface area contributed by atoms with E-state index >= 15 is 0 Å². The van der Waals surface area contributed by atoms with Crippen molar-refractivity contribution in [2.24, 2.45) is 0 Å². The lowest BCUT2D eigenvalue weighted by Crippen LogP contribution is -3.11. The maximum absolute atomic E-state index is 6.08. The predicted molar refractivity (Wildman–Crippen MR) is 95.4 cm³/mol. The zero-order valence-corrected chi connectivity index (χ0v) is 15.2. The van der Waals surface area contributed by atoms with E-state index in [4.69, 9.17) is 4.74 Å². The van der Waals surface area contributed by atoms with E-state index < -0.39 is 0 Å². The molecule has 0 fully saturated rings. The second kappa shape index (κ2) is 11.7. The van der Waals surface area contributed by atoms with Gasteiger partial charge in [-0.3, -0.25) is 0 Å². The van der Waals surface area contributed by atoms with Gasteiger partial charge in [0.25, 0.3) is 0 Å². The first kappa shape index (κ1) is 20.3. The van der Waals surface area contributed by atoms with Crippen LogP contribution in [0, 0.1) is 11.8 Å². The van der Waals surface area contributed by atoms with Crippen molar-refractivity contribution >= 4 is 0 Å². The lowest BCUT2D eigenvalue weighted by molar-refractivity contribution is -0.889. The average Bonchev–Trinajstić information content (AvgIpc) is 2.63. The Morgan fingerprint density at radius 1 is 0.833 bits per heavy atom. The summed E-state index contributed by atoms with van der Waals surface area (Å²) in [6, 6.07) is 20.6. The first-order valence-electron chi connectivity index (χ1n) is 8.36. The molecule has 0 aliphatic heterocycles. The van der Waals surface area contributed by atoms with E-state index in [1.807, 2.05) is 36.4 Å². The number of hydrogen-bond donors (Lipinski definition) is 1. The zero-order chi connectivity index (χ0) is 16.3. The molecule has 2 nitrogen and oxygen atoms in total. The van der Waals surface area contributed by atoms with E-state index in [0.717, 1.165) is 30.8 Å². The molecule has 0 heterocycles. The van der Waals surface area contributed by atoms with Crippen molar-refractivity contribution in [2.75, 3.05) is 26.2 Å². The van der Waals surface area contributed by atoms with E-state index in [-0.39, 0.29) is 18.5 Å². The highest BCUT2D eigenvalue weighted by molar-refractivity contribution is 5.30. The van der Waals surface area contributed by atoms with Crippen molar-refractivity contribution in [1.29, 1.82) is 0 Å². The number of nitrogens with one attached hydrogen (secondary N) is 1. The SMILES string of the molecule is CC[NH+](CC)CC#CCOC(c1ccccc1)c1ccccc1.[Cl-]. The standard InChI is InChI=1S/C21H25NO.ClH/c1-3-22(4-2)17-11-12-18-23-21(19-13-7-5-8-14-19)20-15-9-6-10-16-20;/h5-10,13-16,21H,3-4,17-18H2,1-2H3;1H. The largest absolute Gasteiger partial charge is 1.00 e. The minimum absolute atomic E-state index is 0. The molecule has 0 aliphatic rings. The van der Waals surface area contributed by atoms with Gasteiger partial charge in [0.1, 0.15) is 19.3 Å². The maximum Gasteiger partial charge on any atom is 0.139 e. The number of ether oxygens (including phenoxy) is 1. The molecular weight excluding hydrogens is 318 g/mol. The highest BCUT2D eigenvalue weighted by Crippen LogP contribution is 2.25. The van der Waals surface area contributed by atoms with Crippen molar-refractivity contribution < 1.29 is 22.0 Å². The number of benzene rings is 2. The minimum Gasteiger partial charge on any atom is -1.00 e. The molecule has 0 unspecified atom stereocenters. The molecule has 0 radical (unpaired) electrons. The molecule has 128 valence electrons. The first-order valence-corrected chi connectivity index (χ1v) is 8.36. The fraction of sp³-hybridized carbons (Fsp3) is 0.333. The number of quaternary nitrogens is 1. The fourth-order valence-corrected chi connectivity index (χ4v) is 2.50. The highest BCUT2D eigenvalue weighted by atomic mass is 35.5. The number of halogens is 1. The summed E-state index contributed by atoms with van der Waals surface area (Å²) in [5.74, 6) is 6.40. The molecule has 24 heavy (non-hydrogen) atoms. The van der Waals surface area contributed by atoms with E-state index in [1.165, 1.54) is 4.90 Å². The first-order chi connectivity index (χ1) is 11.3. The molecule has 0 bridgehead atoms. The molecule has 1 N–H and O–H groups in total. The van der Waals surface area contributed by atoms with Crippen LogP contribution in [0.25, 0.3) is 0 Å². The summed E-state index contributed by atoms with van der Waals surface area (Å²) in [4.78, 5) is 1.50. The van der Waals surface area contributed by atoms with Crippen molar-refractivity contribution in [3.05, 3.63) is 71.8 Å². The summed E-state index contributed by atoms with van der Waals surface area (Å²) in [6.45, 7) is 7.95. The number of rotatable bonds is 7. The Balaban J connectivity index is 0.00000288. The molecule has 0 aromatic heterocycles. The van der Waals surface area contributed by atoms with Gasteiger partial charge in [-0.1, -0.05) is 66.6 Å². The molecule has 2 aromatic carbocycles. The lowest BCUT2D eigenvalue weighted by atomic mass is 10.0. The third-order valence-corrected chi connectivity index (χ3v) is 3.99. The summed E-state index contributed by atoms with van der Waals surface area (Å²) in [6.07, 6.45) is -0.0625. The van der Waals surface area contributed by atoms with Crippen molar-refractivity contribution in [1.82, 2.24) is 0 Å². The van der Waals surface area contributed by atoms with Gasteiger partial charge in [-0.2, -0.15) is 0 Å². The molecule has 0 atom stereocenters. The van der Waals surface area contributed by atoms with Crippen LogP contribution in [-0.2, 0) is 4.74 Å². The third-order valence-electron chi connectivity index (χ3n) is 3.99. The summed E-state index contributed by atoms with van der Waals surface area (Å²) in [5.41, 5.74) is 2.32. The van der Waals surface area contributed by atoms with Crippen molar-refractivity contribution in [2.45, 2.75) is 20.0 Å². The Hall–Kier alpha value is -1.79. The van der Waals surface area contributed by atoms with Crippen LogP contribution in [0.4, 0.5) is 0 Å². The van der Waals surface area contributed by atoms with Gasteiger partial charge in [0.05, 0.1) is 13.1 Å². The van der Waals surface area contributed by atoms with E-state index in [9.17, 15) is 0 Å². The Morgan fingerprint density at radius 3 is 1.79 bits per heavy atom. The van der Waals surface area contributed by atoms with Gasteiger partial charge in [-0.05, 0) is 30.9 Å². The van der Waals surface area contributed by atoms with E-state index in [2.05, 4.69) is 50.0 Å². The van der Waals surface area contributed by atoms with Crippen LogP contribution in [-0.4, -0.2) is 26.2 Å². The Kier molecular flexibility index (Phi) is 9.88. The van der Waals surface area contributed by atoms with Gasteiger partial charge in [-0.15, -0.1) is 0 Å². The minimum atomic E-state index is -0.0625. The summed E-state index contributed by atoms with van der Waals surface area (Å²) >= 11 is 0. The van der Waals surface area contributed by atoms with E-state index in [0.29, 0.717) is 6.61 Å². The smallest absolute Gasteiger partial charge is 0.139 e. The molecule has 0 saturated carbocycles. The molecule has 2 rings (SSSR count). The highest BCUT2D eigenvalue weighted by Gasteiger charge is 2.13. The molecule has 0 spiro atoms. The summed E-state index contributed by atoms with van der Waals surface area (Å²) in [5, 5.41) is 0.